The van der Waals surface area contributed by atoms with Crippen LogP contribution >= 0.6 is 0 Å². The Balaban J connectivity index is 1.32. The summed E-state index contributed by atoms with van der Waals surface area (Å²) < 4.78 is 15.8. The van der Waals surface area contributed by atoms with Crippen LogP contribution in [0.1, 0.15) is 25.0 Å². The Labute approximate surface area is 204 Å². The van der Waals surface area contributed by atoms with Crippen LogP contribution in [0.25, 0.3) is 28.0 Å². The second-order valence-corrected chi connectivity index (χ2v) is 9.66. The molecule has 1 aliphatic carbocycles. The van der Waals surface area contributed by atoms with Gasteiger partial charge in [-0.15, -0.1) is 0 Å². The molecule has 0 bridgehead atoms. The topological polar surface area (TPSA) is 40.9 Å². The third kappa shape index (κ3) is 4.34. The number of rotatable bonds is 5. The van der Waals surface area contributed by atoms with E-state index in [0.717, 1.165) is 79.3 Å². The lowest BCUT2D eigenvalue weighted by molar-refractivity contribution is -0.140. The smallest absolute Gasteiger partial charge is 0.225 e. The fourth-order valence-corrected chi connectivity index (χ4v) is 5.14. The minimum absolute atomic E-state index is 0.252. The lowest BCUT2D eigenvalue weighted by Gasteiger charge is -2.38. The van der Waals surface area contributed by atoms with E-state index in [1.807, 2.05) is 29.2 Å². The molecule has 2 aliphatic rings. The second kappa shape index (κ2) is 9.27. The summed E-state index contributed by atoms with van der Waals surface area (Å²) in [6, 6.07) is 21.1. The first kappa shape index (κ1) is 22.0. The van der Waals surface area contributed by atoms with Gasteiger partial charge in [0.1, 0.15) is 11.5 Å². The molecule has 3 heterocycles. The van der Waals surface area contributed by atoms with Gasteiger partial charge in [0.05, 0.1) is 11.4 Å². The summed E-state index contributed by atoms with van der Waals surface area (Å²) in [5.74, 6) is 0.338. The summed E-state index contributed by atoms with van der Waals surface area (Å²) in [7, 11) is 0. The van der Waals surface area contributed by atoms with E-state index in [9.17, 15) is 9.18 Å². The van der Waals surface area contributed by atoms with Gasteiger partial charge in [0.15, 0.2) is 0 Å². The van der Waals surface area contributed by atoms with Crippen LogP contribution in [0.3, 0.4) is 0 Å². The van der Waals surface area contributed by atoms with Crippen molar-refractivity contribution in [3.8, 4) is 22.4 Å². The third-order valence-electron chi connectivity index (χ3n) is 7.45. The van der Waals surface area contributed by atoms with Crippen molar-refractivity contribution in [3.05, 3.63) is 84.4 Å². The first-order chi connectivity index (χ1) is 17.2. The van der Waals surface area contributed by atoms with Crippen molar-refractivity contribution >= 4 is 11.6 Å². The number of pyridine rings is 1. The monoisotopic (exact) mass is 468 g/mol. The molecule has 2 aromatic carbocycles. The van der Waals surface area contributed by atoms with E-state index in [4.69, 9.17) is 4.98 Å². The Morgan fingerprint density at radius 1 is 0.857 bits per heavy atom. The molecule has 0 radical (unpaired) electrons. The number of hydrogen-bond donors (Lipinski definition) is 0. The fourth-order valence-electron chi connectivity index (χ4n) is 5.14. The fraction of sp³-hybridized carbons (Fsp3) is 0.310. The molecule has 1 saturated heterocycles. The van der Waals surface area contributed by atoms with Gasteiger partial charge >= 0.3 is 0 Å². The van der Waals surface area contributed by atoms with Crippen molar-refractivity contribution in [2.75, 3.05) is 26.2 Å². The Morgan fingerprint density at radius 3 is 2.26 bits per heavy atom. The quantitative estimate of drug-likeness (QED) is 0.402. The van der Waals surface area contributed by atoms with Crippen LogP contribution in [0, 0.1) is 11.7 Å². The number of carbonyl (C=O) groups excluding carboxylic acids is 1. The number of aromatic nitrogens is 2. The highest BCUT2D eigenvalue weighted by molar-refractivity contribution is 5.79. The molecule has 6 heteroatoms. The molecule has 0 N–H and O–H groups in total. The molecule has 178 valence electrons. The first-order valence-corrected chi connectivity index (χ1v) is 12.5. The maximum atomic E-state index is 13.6. The molecule has 6 rings (SSSR count). The summed E-state index contributed by atoms with van der Waals surface area (Å²) in [6.07, 6.45) is 5.43. The van der Waals surface area contributed by atoms with Crippen LogP contribution < -0.4 is 0 Å². The highest BCUT2D eigenvalue weighted by Crippen LogP contribution is 2.30. The van der Waals surface area contributed by atoms with E-state index in [-0.39, 0.29) is 11.7 Å². The molecular formula is C29H29FN4O. The number of imidazole rings is 1. The summed E-state index contributed by atoms with van der Waals surface area (Å²) in [5, 5.41) is 0. The Kier molecular flexibility index (Phi) is 5.82. The van der Waals surface area contributed by atoms with Gasteiger partial charge in [-0.05, 0) is 60.4 Å². The second-order valence-electron chi connectivity index (χ2n) is 9.66. The predicted octanol–water partition coefficient (Wildman–Crippen LogP) is 5.25. The first-order valence-electron chi connectivity index (χ1n) is 12.5. The number of halogens is 1. The Bertz CT molecular complexity index is 1340. The number of amides is 1. The number of benzene rings is 2. The molecule has 5 nitrogen and oxygen atoms in total. The molecule has 2 fully saturated rings. The third-order valence-corrected chi connectivity index (χ3v) is 7.45. The molecule has 4 aromatic rings. The SMILES string of the molecule is O=C(C1CCC1)N1CCN(Cc2c(-c3ccc(F)cc3)nc3ccc(-c4ccccc4)cn23)CC1. The van der Waals surface area contributed by atoms with Crippen molar-refractivity contribution < 1.29 is 9.18 Å². The van der Waals surface area contributed by atoms with E-state index < -0.39 is 0 Å². The zero-order chi connectivity index (χ0) is 23.8. The van der Waals surface area contributed by atoms with Crippen LogP contribution in [0.2, 0.25) is 0 Å². The standard InChI is InChI=1S/C29H29FN4O/c30-25-12-9-22(10-13-25)28-26(20-32-15-17-33(18-16-32)29(35)23-7-4-8-23)34-19-24(11-14-27(34)31-28)21-5-2-1-3-6-21/h1-3,5-6,9-14,19,23H,4,7-8,15-18,20H2. The number of carbonyl (C=O) groups is 1. The molecule has 2 aromatic heterocycles. The predicted molar refractivity (Wildman–Crippen MR) is 135 cm³/mol. The van der Waals surface area contributed by atoms with E-state index in [2.05, 4.69) is 33.7 Å². The molecule has 35 heavy (non-hydrogen) atoms. The van der Waals surface area contributed by atoms with Gasteiger partial charge < -0.3 is 9.30 Å². The number of nitrogens with zero attached hydrogens (tertiary/aromatic N) is 4. The van der Waals surface area contributed by atoms with Crippen molar-refractivity contribution in [3.63, 3.8) is 0 Å². The van der Waals surface area contributed by atoms with Crippen molar-refractivity contribution in [1.82, 2.24) is 19.2 Å². The molecule has 0 spiro atoms. The summed E-state index contributed by atoms with van der Waals surface area (Å²) in [6.45, 7) is 3.94. The molecular weight excluding hydrogens is 439 g/mol. The van der Waals surface area contributed by atoms with Crippen LogP contribution in [0.5, 0.6) is 0 Å². The van der Waals surface area contributed by atoms with Crippen molar-refractivity contribution in [1.29, 1.82) is 0 Å². The zero-order valence-corrected chi connectivity index (χ0v) is 19.7. The van der Waals surface area contributed by atoms with Gasteiger partial charge in [-0.3, -0.25) is 9.69 Å². The van der Waals surface area contributed by atoms with Crippen LogP contribution in [-0.2, 0) is 11.3 Å². The highest BCUT2D eigenvalue weighted by Gasteiger charge is 2.31. The Morgan fingerprint density at radius 2 is 1.57 bits per heavy atom. The van der Waals surface area contributed by atoms with E-state index in [1.54, 1.807) is 12.1 Å². The van der Waals surface area contributed by atoms with Crippen molar-refractivity contribution in [2.24, 2.45) is 5.92 Å². The average molecular weight is 469 g/mol. The molecule has 1 aliphatic heterocycles. The van der Waals surface area contributed by atoms with Gasteiger partial charge in [-0.2, -0.15) is 0 Å². The van der Waals surface area contributed by atoms with E-state index in [0.29, 0.717) is 5.91 Å². The van der Waals surface area contributed by atoms with Crippen LogP contribution in [0.4, 0.5) is 4.39 Å². The average Bonchev–Trinajstić information content (AvgIpc) is 3.22. The Hall–Kier alpha value is -3.51. The maximum Gasteiger partial charge on any atom is 0.225 e. The maximum absolute atomic E-state index is 13.6. The molecule has 1 saturated carbocycles. The molecule has 0 atom stereocenters. The summed E-state index contributed by atoms with van der Waals surface area (Å²) in [5.41, 5.74) is 6.02. The van der Waals surface area contributed by atoms with Gasteiger partial charge in [-0.1, -0.05) is 36.8 Å². The van der Waals surface area contributed by atoms with Crippen LogP contribution in [0.15, 0.2) is 72.9 Å². The minimum Gasteiger partial charge on any atom is -0.340 e. The van der Waals surface area contributed by atoms with Gasteiger partial charge in [0.2, 0.25) is 5.91 Å². The van der Waals surface area contributed by atoms with Gasteiger partial charge in [0, 0.05) is 50.4 Å². The summed E-state index contributed by atoms with van der Waals surface area (Å²) >= 11 is 0. The lowest BCUT2D eigenvalue weighted by atomic mass is 9.84. The van der Waals surface area contributed by atoms with E-state index in [1.165, 1.54) is 18.6 Å². The number of fused-ring (bicyclic) bond motifs is 1. The number of piperazine rings is 1. The minimum atomic E-state index is -0.252. The zero-order valence-electron chi connectivity index (χ0n) is 19.7. The van der Waals surface area contributed by atoms with E-state index >= 15 is 0 Å². The largest absolute Gasteiger partial charge is 0.340 e. The molecule has 0 unspecified atom stereocenters. The van der Waals surface area contributed by atoms with Gasteiger partial charge in [0.25, 0.3) is 0 Å². The highest BCUT2D eigenvalue weighted by atomic mass is 19.1. The number of hydrogen-bond acceptors (Lipinski definition) is 3. The van der Waals surface area contributed by atoms with Crippen LogP contribution in [-0.4, -0.2) is 51.3 Å². The lowest BCUT2D eigenvalue weighted by Crippen LogP contribution is -2.50. The normalized spacial score (nSPS) is 17.0. The molecule has 1 amide bonds. The van der Waals surface area contributed by atoms with Crippen molar-refractivity contribution in [2.45, 2.75) is 25.8 Å². The summed E-state index contributed by atoms with van der Waals surface area (Å²) in [4.78, 5) is 22.1. The van der Waals surface area contributed by atoms with Gasteiger partial charge in [-0.25, -0.2) is 9.37 Å².